The van der Waals surface area contributed by atoms with Gasteiger partial charge in [-0.05, 0) is 103 Å². The summed E-state index contributed by atoms with van der Waals surface area (Å²) in [6.45, 7) is 3.01. The number of urea groups is 1. The van der Waals surface area contributed by atoms with Gasteiger partial charge in [-0.3, -0.25) is 4.90 Å². The van der Waals surface area contributed by atoms with Crippen molar-refractivity contribution in [3.63, 3.8) is 0 Å². The molecule has 1 aliphatic heterocycles. The average Bonchev–Trinajstić information content (AvgIpc) is 3.29. The number of nitrogens with zero attached hydrogens (tertiary/aromatic N) is 1. The van der Waals surface area contributed by atoms with Crippen LogP contribution in [0.4, 0.5) is 16.2 Å². The average molecular weight is 459 g/mol. The summed E-state index contributed by atoms with van der Waals surface area (Å²) >= 11 is 5.94. The van der Waals surface area contributed by atoms with Crippen LogP contribution >= 0.6 is 11.6 Å². The van der Waals surface area contributed by atoms with E-state index in [1.54, 1.807) is 12.1 Å². The predicted molar refractivity (Wildman–Crippen MR) is 138 cm³/mol. The number of amides is 2. The monoisotopic (exact) mass is 458 g/mol. The number of fused-ring (bicyclic) bond motifs is 1. The van der Waals surface area contributed by atoms with Gasteiger partial charge in [0, 0.05) is 22.9 Å². The van der Waals surface area contributed by atoms with Crippen molar-refractivity contribution in [2.45, 2.75) is 51.4 Å². The van der Waals surface area contributed by atoms with E-state index in [4.69, 9.17) is 11.6 Å². The SMILES string of the molecule is CCC1CCC(c2ccc(-c3ccc4c(c3)CCN4C(=O)Nc3ccc(Cl)cc3)cc2)CC1. The first-order valence-corrected chi connectivity index (χ1v) is 12.6. The zero-order valence-corrected chi connectivity index (χ0v) is 19.9. The molecule has 0 atom stereocenters. The predicted octanol–water partition coefficient (Wildman–Crippen LogP) is 8.29. The quantitative estimate of drug-likeness (QED) is 0.419. The van der Waals surface area contributed by atoms with E-state index in [1.807, 2.05) is 17.0 Å². The van der Waals surface area contributed by atoms with Gasteiger partial charge in [-0.15, -0.1) is 0 Å². The van der Waals surface area contributed by atoms with Gasteiger partial charge in [0.15, 0.2) is 0 Å². The number of anilines is 2. The smallest absolute Gasteiger partial charge is 0.308 e. The number of carbonyl (C=O) groups is 1. The molecule has 1 fully saturated rings. The van der Waals surface area contributed by atoms with E-state index in [0.717, 1.165) is 29.6 Å². The molecule has 3 nitrogen and oxygen atoms in total. The van der Waals surface area contributed by atoms with Crippen molar-refractivity contribution in [1.82, 2.24) is 0 Å². The van der Waals surface area contributed by atoms with Crippen LogP contribution in [0, 0.1) is 5.92 Å². The number of halogens is 1. The largest absolute Gasteiger partial charge is 0.326 e. The minimum absolute atomic E-state index is 0.106. The first kappa shape index (κ1) is 22.0. The van der Waals surface area contributed by atoms with Crippen molar-refractivity contribution in [2.75, 3.05) is 16.8 Å². The van der Waals surface area contributed by atoms with Gasteiger partial charge in [0.05, 0.1) is 0 Å². The minimum Gasteiger partial charge on any atom is -0.308 e. The number of rotatable bonds is 4. The van der Waals surface area contributed by atoms with Crippen LogP contribution in [0.5, 0.6) is 0 Å². The zero-order valence-electron chi connectivity index (χ0n) is 19.2. The van der Waals surface area contributed by atoms with Crippen molar-refractivity contribution in [3.8, 4) is 11.1 Å². The summed E-state index contributed by atoms with van der Waals surface area (Å²) in [7, 11) is 0. The number of benzene rings is 3. The number of hydrogen-bond acceptors (Lipinski definition) is 1. The van der Waals surface area contributed by atoms with E-state index < -0.39 is 0 Å². The van der Waals surface area contributed by atoms with E-state index in [2.05, 4.69) is 54.7 Å². The standard InChI is InChI=1S/C29H31ClN2O/c1-2-20-3-5-21(6-4-20)22-7-9-23(10-8-22)24-11-16-28-25(19-24)17-18-32(28)29(33)31-27-14-12-26(30)13-15-27/h7-16,19-21H,2-6,17-18H2,1H3,(H,31,33). The molecule has 170 valence electrons. The van der Waals surface area contributed by atoms with Gasteiger partial charge in [0.2, 0.25) is 0 Å². The molecule has 0 spiro atoms. The second-order valence-electron chi connectivity index (χ2n) is 9.43. The highest BCUT2D eigenvalue weighted by atomic mass is 35.5. The zero-order chi connectivity index (χ0) is 22.8. The Bertz CT molecular complexity index is 1120. The third-order valence-electron chi connectivity index (χ3n) is 7.46. The summed E-state index contributed by atoms with van der Waals surface area (Å²) in [5, 5.41) is 3.63. The Morgan fingerprint density at radius 3 is 2.33 bits per heavy atom. The molecule has 33 heavy (non-hydrogen) atoms. The highest BCUT2D eigenvalue weighted by molar-refractivity contribution is 6.30. The summed E-state index contributed by atoms with van der Waals surface area (Å²) in [4.78, 5) is 14.6. The summed E-state index contributed by atoms with van der Waals surface area (Å²) < 4.78 is 0. The molecule has 4 heteroatoms. The fourth-order valence-electron chi connectivity index (χ4n) is 5.37. The molecule has 0 bridgehead atoms. The Kier molecular flexibility index (Phi) is 6.41. The maximum atomic E-state index is 12.8. The second-order valence-corrected chi connectivity index (χ2v) is 9.87. The summed E-state index contributed by atoms with van der Waals surface area (Å²) in [6.07, 6.45) is 7.58. The molecule has 3 aromatic rings. The molecule has 1 saturated carbocycles. The molecular weight excluding hydrogens is 428 g/mol. The number of nitrogens with one attached hydrogen (secondary N) is 1. The molecule has 5 rings (SSSR count). The van der Waals surface area contributed by atoms with Gasteiger partial charge in [0.25, 0.3) is 0 Å². The third kappa shape index (κ3) is 4.79. The molecule has 0 unspecified atom stereocenters. The van der Waals surface area contributed by atoms with E-state index >= 15 is 0 Å². The van der Waals surface area contributed by atoms with Crippen LogP contribution in [0.2, 0.25) is 5.02 Å². The van der Waals surface area contributed by atoms with Crippen molar-refractivity contribution in [2.24, 2.45) is 5.92 Å². The molecule has 1 heterocycles. The van der Waals surface area contributed by atoms with Gasteiger partial charge in [0.1, 0.15) is 0 Å². The van der Waals surface area contributed by atoms with E-state index in [0.29, 0.717) is 11.6 Å². The highest BCUT2D eigenvalue weighted by Gasteiger charge is 2.25. The van der Waals surface area contributed by atoms with Crippen LogP contribution < -0.4 is 10.2 Å². The van der Waals surface area contributed by atoms with Gasteiger partial charge in [-0.25, -0.2) is 4.79 Å². The summed E-state index contributed by atoms with van der Waals surface area (Å²) in [5.41, 5.74) is 6.91. The normalized spacial score (nSPS) is 19.9. The lowest BCUT2D eigenvalue weighted by atomic mass is 9.77. The van der Waals surface area contributed by atoms with E-state index in [1.165, 1.54) is 54.4 Å². The summed E-state index contributed by atoms with van der Waals surface area (Å²) in [5.74, 6) is 1.65. The molecular formula is C29H31ClN2O. The van der Waals surface area contributed by atoms with E-state index in [-0.39, 0.29) is 6.03 Å². The molecule has 1 aliphatic carbocycles. The van der Waals surface area contributed by atoms with Gasteiger partial charge < -0.3 is 5.32 Å². The van der Waals surface area contributed by atoms with Gasteiger partial charge in [-0.2, -0.15) is 0 Å². The Hall–Kier alpha value is -2.78. The molecule has 0 saturated heterocycles. The summed E-state index contributed by atoms with van der Waals surface area (Å²) in [6, 6.07) is 22.7. The lowest BCUT2D eigenvalue weighted by Crippen LogP contribution is -2.33. The van der Waals surface area contributed by atoms with Crippen molar-refractivity contribution >= 4 is 29.0 Å². The molecule has 0 radical (unpaired) electrons. The molecule has 3 aromatic carbocycles. The molecule has 2 aliphatic rings. The lowest BCUT2D eigenvalue weighted by molar-refractivity contribution is 0.257. The van der Waals surface area contributed by atoms with Crippen LogP contribution in [-0.2, 0) is 6.42 Å². The molecule has 2 amide bonds. The fraction of sp³-hybridized carbons (Fsp3) is 0.345. The maximum Gasteiger partial charge on any atom is 0.326 e. The van der Waals surface area contributed by atoms with E-state index in [9.17, 15) is 4.79 Å². The van der Waals surface area contributed by atoms with Crippen molar-refractivity contribution in [1.29, 1.82) is 0 Å². The van der Waals surface area contributed by atoms with Gasteiger partial charge in [-0.1, -0.05) is 55.3 Å². The van der Waals surface area contributed by atoms with Crippen LogP contribution in [0.1, 0.15) is 56.1 Å². The maximum absolute atomic E-state index is 12.8. The Balaban J connectivity index is 1.27. The number of carbonyl (C=O) groups excluding carboxylic acids is 1. The van der Waals surface area contributed by atoms with Crippen LogP contribution in [-0.4, -0.2) is 12.6 Å². The van der Waals surface area contributed by atoms with Crippen LogP contribution in [0.25, 0.3) is 11.1 Å². The van der Waals surface area contributed by atoms with Gasteiger partial charge >= 0.3 is 6.03 Å². The van der Waals surface area contributed by atoms with Crippen LogP contribution in [0.15, 0.2) is 66.7 Å². The second kappa shape index (κ2) is 9.61. The molecule has 1 N–H and O–H groups in total. The van der Waals surface area contributed by atoms with Crippen LogP contribution in [0.3, 0.4) is 0 Å². The highest BCUT2D eigenvalue weighted by Crippen LogP contribution is 2.38. The first-order valence-electron chi connectivity index (χ1n) is 12.2. The lowest BCUT2D eigenvalue weighted by Gasteiger charge is -2.28. The first-order chi connectivity index (χ1) is 16.1. The third-order valence-corrected chi connectivity index (χ3v) is 7.71. The van der Waals surface area contributed by atoms with Crippen molar-refractivity contribution < 1.29 is 4.79 Å². The van der Waals surface area contributed by atoms with Crippen molar-refractivity contribution in [3.05, 3.63) is 82.9 Å². The minimum atomic E-state index is -0.106. The Labute approximate surface area is 201 Å². The number of hydrogen-bond donors (Lipinski definition) is 1. The topological polar surface area (TPSA) is 32.3 Å². The molecule has 0 aromatic heterocycles. The Morgan fingerprint density at radius 1 is 0.939 bits per heavy atom. The fourth-order valence-corrected chi connectivity index (χ4v) is 5.49. The Morgan fingerprint density at radius 2 is 1.64 bits per heavy atom.